The molecule has 0 radical (unpaired) electrons. The summed E-state index contributed by atoms with van der Waals surface area (Å²) in [4.78, 5) is 50.9. The average Bonchev–Trinajstić information content (AvgIpc) is 2.84. The molecule has 188 valence electrons. The maximum Gasteiger partial charge on any atom is 0.335 e. The van der Waals surface area contributed by atoms with E-state index in [1.54, 1.807) is 12.1 Å². The van der Waals surface area contributed by atoms with Crippen LogP contribution < -0.4 is 20.3 Å². The summed E-state index contributed by atoms with van der Waals surface area (Å²) in [5.41, 5.74) is 1.82. The van der Waals surface area contributed by atoms with Crippen molar-refractivity contribution >= 4 is 76.0 Å². The van der Waals surface area contributed by atoms with Crippen molar-refractivity contribution in [3.63, 3.8) is 0 Å². The van der Waals surface area contributed by atoms with E-state index in [4.69, 9.17) is 39.5 Å². The summed E-state index contributed by atoms with van der Waals surface area (Å²) in [5, 5.41) is 5.41. The van der Waals surface area contributed by atoms with E-state index in [9.17, 15) is 19.2 Å². The lowest BCUT2D eigenvalue weighted by Crippen LogP contribution is -2.54. The Morgan fingerprint density at radius 1 is 0.973 bits per heavy atom. The van der Waals surface area contributed by atoms with Crippen molar-refractivity contribution in [3.8, 4) is 5.75 Å². The number of ether oxygens (including phenoxy) is 1. The number of urea groups is 1. The van der Waals surface area contributed by atoms with Crippen molar-refractivity contribution in [3.05, 3.63) is 92.4 Å². The number of rotatable bonds is 6. The minimum Gasteiger partial charge on any atom is -0.482 e. The van der Waals surface area contributed by atoms with Gasteiger partial charge in [0.2, 0.25) is 0 Å². The molecule has 0 atom stereocenters. The van der Waals surface area contributed by atoms with Crippen molar-refractivity contribution in [2.24, 2.45) is 0 Å². The van der Waals surface area contributed by atoms with Crippen LogP contribution in [0.2, 0.25) is 15.1 Å². The monoisotopic (exact) mass is 557 g/mol. The lowest BCUT2D eigenvalue weighted by atomic mass is 10.1. The van der Waals surface area contributed by atoms with Gasteiger partial charge in [-0.05, 0) is 60.5 Å². The maximum absolute atomic E-state index is 13.0. The molecule has 0 unspecified atom stereocenters. The van der Waals surface area contributed by atoms with Gasteiger partial charge >= 0.3 is 6.03 Å². The van der Waals surface area contributed by atoms with Crippen LogP contribution in [0.4, 0.5) is 16.2 Å². The molecule has 1 aliphatic rings. The summed E-state index contributed by atoms with van der Waals surface area (Å²) in [5.74, 6) is -1.85. The molecule has 2 N–H and O–H groups in total. The number of carbonyl (C=O) groups is 4. The van der Waals surface area contributed by atoms with Crippen LogP contribution in [0, 0.1) is 6.92 Å². The first-order valence-corrected chi connectivity index (χ1v) is 11.9. The SMILES string of the molecule is Cc1ccccc1NC(=O)COc1ccc(/C=C2/C(=O)NC(=O)N(c3ccc(Cl)c(Cl)c3)C2=O)cc1Cl. The third-order valence-electron chi connectivity index (χ3n) is 5.31. The van der Waals surface area contributed by atoms with Crippen molar-refractivity contribution < 1.29 is 23.9 Å². The fourth-order valence-corrected chi connectivity index (χ4v) is 3.99. The zero-order chi connectivity index (χ0) is 26.7. The number of benzene rings is 3. The molecule has 0 bridgehead atoms. The highest BCUT2D eigenvalue weighted by Gasteiger charge is 2.37. The van der Waals surface area contributed by atoms with Gasteiger partial charge in [-0.3, -0.25) is 19.7 Å². The van der Waals surface area contributed by atoms with E-state index < -0.39 is 17.8 Å². The highest BCUT2D eigenvalue weighted by molar-refractivity contribution is 6.43. The number of para-hydroxylation sites is 1. The zero-order valence-corrected chi connectivity index (χ0v) is 21.4. The molecule has 3 aromatic carbocycles. The smallest absolute Gasteiger partial charge is 0.335 e. The van der Waals surface area contributed by atoms with Crippen molar-refractivity contribution in [2.45, 2.75) is 6.92 Å². The first-order valence-electron chi connectivity index (χ1n) is 10.8. The third kappa shape index (κ3) is 5.94. The molecule has 3 aromatic rings. The predicted octanol–water partition coefficient (Wildman–Crippen LogP) is 5.64. The van der Waals surface area contributed by atoms with E-state index >= 15 is 0 Å². The Morgan fingerprint density at radius 2 is 1.73 bits per heavy atom. The number of aryl methyl sites for hydroxylation is 1. The van der Waals surface area contributed by atoms with E-state index in [-0.39, 0.29) is 44.6 Å². The summed E-state index contributed by atoms with van der Waals surface area (Å²) < 4.78 is 5.52. The number of nitrogens with one attached hydrogen (secondary N) is 2. The van der Waals surface area contributed by atoms with Gasteiger partial charge in [-0.1, -0.05) is 59.1 Å². The van der Waals surface area contributed by atoms with Gasteiger partial charge in [0.05, 0.1) is 20.8 Å². The first kappa shape index (κ1) is 26.2. The summed E-state index contributed by atoms with van der Waals surface area (Å²) in [6.07, 6.45) is 1.29. The van der Waals surface area contributed by atoms with Gasteiger partial charge in [0.15, 0.2) is 6.61 Å². The molecule has 1 heterocycles. The van der Waals surface area contributed by atoms with Gasteiger partial charge in [0.1, 0.15) is 11.3 Å². The highest BCUT2D eigenvalue weighted by atomic mass is 35.5. The zero-order valence-electron chi connectivity index (χ0n) is 19.2. The van der Waals surface area contributed by atoms with Crippen LogP contribution in [0.1, 0.15) is 11.1 Å². The molecular weight excluding hydrogens is 541 g/mol. The quantitative estimate of drug-likeness (QED) is 0.301. The summed E-state index contributed by atoms with van der Waals surface area (Å²) in [6, 6.07) is 15.1. The van der Waals surface area contributed by atoms with E-state index in [0.717, 1.165) is 10.5 Å². The van der Waals surface area contributed by atoms with E-state index in [2.05, 4.69) is 10.6 Å². The van der Waals surface area contributed by atoms with Gasteiger partial charge in [-0.15, -0.1) is 0 Å². The standard InChI is InChI=1S/C26H18Cl3N3O5/c1-14-4-2-3-5-21(14)30-23(33)13-37-22-9-6-15(11-20(22)29)10-17-24(34)31-26(36)32(25(17)35)16-7-8-18(27)19(28)12-16/h2-12H,13H2,1H3,(H,30,33)(H,31,34,36)/b17-10-. The van der Waals surface area contributed by atoms with Gasteiger partial charge in [0, 0.05) is 5.69 Å². The second-order valence-electron chi connectivity index (χ2n) is 7.90. The molecule has 1 fully saturated rings. The molecule has 8 nitrogen and oxygen atoms in total. The topological polar surface area (TPSA) is 105 Å². The number of carbonyl (C=O) groups excluding carboxylic acids is 4. The van der Waals surface area contributed by atoms with Crippen LogP contribution >= 0.6 is 34.8 Å². The molecule has 1 saturated heterocycles. The highest BCUT2D eigenvalue weighted by Crippen LogP contribution is 2.30. The van der Waals surface area contributed by atoms with E-state index in [1.165, 1.54) is 36.4 Å². The van der Waals surface area contributed by atoms with Crippen LogP contribution in [0.3, 0.4) is 0 Å². The summed E-state index contributed by atoms with van der Waals surface area (Å²) >= 11 is 18.2. The van der Waals surface area contributed by atoms with E-state index in [0.29, 0.717) is 11.3 Å². The molecule has 0 aromatic heterocycles. The number of nitrogens with zero attached hydrogens (tertiary/aromatic N) is 1. The average molecular weight is 559 g/mol. The molecule has 1 aliphatic heterocycles. The number of halogens is 3. The van der Waals surface area contributed by atoms with Crippen molar-refractivity contribution in [2.75, 3.05) is 16.8 Å². The molecule has 5 amide bonds. The Morgan fingerprint density at radius 3 is 2.43 bits per heavy atom. The van der Waals surface area contributed by atoms with Gasteiger partial charge in [-0.25, -0.2) is 9.69 Å². The van der Waals surface area contributed by atoms with Gasteiger partial charge in [-0.2, -0.15) is 0 Å². The molecular formula is C26H18Cl3N3O5. The van der Waals surface area contributed by atoms with Crippen molar-refractivity contribution in [1.29, 1.82) is 0 Å². The Bertz CT molecular complexity index is 1470. The number of hydrogen-bond acceptors (Lipinski definition) is 5. The molecule has 0 spiro atoms. The number of anilines is 2. The fourth-order valence-electron chi connectivity index (χ4n) is 3.45. The Hall–Kier alpha value is -3.85. The number of imide groups is 2. The molecule has 0 aliphatic carbocycles. The molecule has 37 heavy (non-hydrogen) atoms. The second-order valence-corrected chi connectivity index (χ2v) is 9.12. The Kier molecular flexibility index (Phi) is 7.83. The largest absolute Gasteiger partial charge is 0.482 e. The Balaban J connectivity index is 1.49. The van der Waals surface area contributed by atoms with Crippen LogP contribution in [0.5, 0.6) is 5.75 Å². The van der Waals surface area contributed by atoms with Gasteiger partial charge < -0.3 is 10.1 Å². The molecule has 0 saturated carbocycles. The third-order valence-corrected chi connectivity index (χ3v) is 6.34. The minimum atomic E-state index is -0.920. The summed E-state index contributed by atoms with van der Waals surface area (Å²) in [6.45, 7) is 1.59. The number of barbiturate groups is 1. The van der Waals surface area contributed by atoms with E-state index in [1.807, 2.05) is 25.1 Å². The molecule has 11 heteroatoms. The van der Waals surface area contributed by atoms with Gasteiger partial charge in [0.25, 0.3) is 17.7 Å². The van der Waals surface area contributed by atoms with Crippen LogP contribution in [0.15, 0.2) is 66.2 Å². The minimum absolute atomic E-state index is 0.136. The second kappa shape index (κ2) is 11.0. The number of amides is 5. The van der Waals surface area contributed by atoms with Crippen molar-refractivity contribution in [1.82, 2.24) is 5.32 Å². The van der Waals surface area contributed by atoms with Crippen LogP contribution in [0.25, 0.3) is 6.08 Å². The fraction of sp³-hybridized carbons (Fsp3) is 0.0769. The lowest BCUT2D eigenvalue weighted by molar-refractivity contribution is -0.122. The number of hydrogen-bond donors (Lipinski definition) is 2. The Labute approximate surface area is 226 Å². The van der Waals surface area contributed by atoms with Crippen LogP contribution in [-0.4, -0.2) is 30.4 Å². The maximum atomic E-state index is 13.0. The van der Waals surface area contributed by atoms with Crippen LogP contribution in [-0.2, 0) is 14.4 Å². The lowest BCUT2D eigenvalue weighted by Gasteiger charge is -2.26. The normalized spacial score (nSPS) is 14.5. The summed E-state index contributed by atoms with van der Waals surface area (Å²) in [7, 11) is 0. The molecule has 4 rings (SSSR count). The predicted molar refractivity (Wildman–Crippen MR) is 142 cm³/mol. The first-order chi connectivity index (χ1) is 17.6.